The Morgan fingerprint density at radius 3 is 2.75 bits per heavy atom. The van der Waals surface area contributed by atoms with Crippen LogP contribution in [0.25, 0.3) is 0 Å². The second kappa shape index (κ2) is 8.94. The van der Waals surface area contributed by atoms with Crippen molar-refractivity contribution in [1.82, 2.24) is 5.32 Å². The number of thiophene rings is 1. The van der Waals surface area contributed by atoms with E-state index in [4.69, 9.17) is 0 Å². The number of halogens is 1. The Kier molecular flexibility index (Phi) is 6.14. The highest BCUT2D eigenvalue weighted by atomic mass is 32.2. The number of benzene rings is 2. The minimum atomic E-state index is -0.289. The number of aliphatic imine (C=N–C) groups is 1. The molecule has 1 atom stereocenters. The number of hydrogen-bond donors (Lipinski definition) is 1. The van der Waals surface area contributed by atoms with Gasteiger partial charge in [0.05, 0.1) is 17.5 Å². The van der Waals surface area contributed by atoms with Gasteiger partial charge in [0.25, 0.3) is 0 Å². The van der Waals surface area contributed by atoms with Gasteiger partial charge in [-0.05, 0) is 40.8 Å². The van der Waals surface area contributed by atoms with Crippen molar-refractivity contribution < 1.29 is 9.18 Å². The molecule has 0 radical (unpaired) electrons. The molecule has 4 rings (SSSR count). The molecule has 1 aliphatic rings. The van der Waals surface area contributed by atoms with E-state index in [1.165, 1.54) is 29.5 Å². The Bertz CT molecular complexity index is 987. The lowest BCUT2D eigenvalue weighted by Gasteiger charge is -2.19. The van der Waals surface area contributed by atoms with Crippen LogP contribution in [-0.2, 0) is 10.5 Å². The Hall–Kier alpha value is -2.09. The molecule has 2 aromatic carbocycles. The first-order valence-corrected chi connectivity index (χ1v) is 11.5. The van der Waals surface area contributed by atoms with Crippen LogP contribution in [0.1, 0.15) is 22.0 Å². The summed E-state index contributed by atoms with van der Waals surface area (Å²) in [6, 6.07) is 18.0. The van der Waals surface area contributed by atoms with Crippen LogP contribution in [0.2, 0.25) is 0 Å². The van der Waals surface area contributed by atoms with Gasteiger partial charge in [0.1, 0.15) is 10.2 Å². The normalized spacial score (nSPS) is 14.1. The lowest BCUT2D eigenvalue weighted by atomic mass is 10.1. The smallest absolute Gasteiger partial charge is 0.231 e. The second-order valence-corrected chi connectivity index (χ2v) is 9.32. The summed E-state index contributed by atoms with van der Waals surface area (Å²) in [6.45, 7) is 0. The van der Waals surface area contributed by atoms with Crippen molar-refractivity contribution >= 4 is 50.8 Å². The van der Waals surface area contributed by atoms with Gasteiger partial charge in [0, 0.05) is 10.6 Å². The van der Waals surface area contributed by atoms with Crippen molar-refractivity contribution in [2.24, 2.45) is 4.99 Å². The summed E-state index contributed by atoms with van der Waals surface area (Å²) in [5.41, 5.74) is 3.06. The van der Waals surface area contributed by atoms with Gasteiger partial charge in [0.15, 0.2) is 0 Å². The van der Waals surface area contributed by atoms with E-state index in [1.807, 2.05) is 35.7 Å². The fraction of sp³-hybridized carbons (Fsp3) is 0.143. The first-order chi connectivity index (χ1) is 13.7. The van der Waals surface area contributed by atoms with Crippen molar-refractivity contribution in [3.63, 3.8) is 0 Å². The van der Waals surface area contributed by atoms with Crippen LogP contribution in [0, 0.1) is 5.82 Å². The van der Waals surface area contributed by atoms with E-state index < -0.39 is 0 Å². The van der Waals surface area contributed by atoms with E-state index in [9.17, 15) is 9.18 Å². The number of para-hydroxylation sites is 1. The first-order valence-electron chi connectivity index (χ1n) is 8.69. The lowest BCUT2D eigenvalue weighted by molar-refractivity contribution is -0.119. The van der Waals surface area contributed by atoms with Gasteiger partial charge >= 0.3 is 0 Å². The molecule has 1 N–H and O–H groups in total. The number of rotatable bonds is 5. The van der Waals surface area contributed by atoms with Crippen LogP contribution < -0.4 is 5.32 Å². The summed E-state index contributed by atoms with van der Waals surface area (Å²) in [5.74, 6) is 0.798. The number of nitrogens with one attached hydrogen (secondary N) is 1. The summed E-state index contributed by atoms with van der Waals surface area (Å²) in [4.78, 5) is 18.3. The molecule has 3 nitrogen and oxygen atoms in total. The predicted octanol–water partition coefficient (Wildman–Crippen LogP) is 5.76. The molecule has 0 saturated carbocycles. The third kappa shape index (κ3) is 4.66. The molecule has 1 amide bonds. The zero-order valence-corrected chi connectivity index (χ0v) is 17.3. The first kappa shape index (κ1) is 19.2. The molecule has 0 fully saturated rings. The molecule has 142 valence electrons. The van der Waals surface area contributed by atoms with Crippen LogP contribution >= 0.6 is 34.9 Å². The molecule has 3 aromatic rings. The molecule has 2 heterocycles. The number of carbonyl (C=O) groups is 1. The van der Waals surface area contributed by atoms with Crippen LogP contribution in [0.4, 0.5) is 10.1 Å². The molecule has 0 bridgehead atoms. The molecule has 0 saturated heterocycles. The van der Waals surface area contributed by atoms with Gasteiger partial charge in [-0.3, -0.25) is 4.79 Å². The van der Waals surface area contributed by atoms with E-state index in [-0.39, 0.29) is 23.5 Å². The van der Waals surface area contributed by atoms with Crippen molar-refractivity contribution in [1.29, 1.82) is 0 Å². The fourth-order valence-corrected chi connectivity index (χ4v) is 5.52. The number of carbonyl (C=O) groups excluding carboxylic acids is 1. The standard InChI is InChI=1S/C21H17FN2OS3/c22-16-9-7-14(8-10-16)20(18-6-3-11-26-18)24-19(25)13-28-21-23-17-5-2-1-4-15(17)12-27-21/h1-11,20H,12-13H2,(H,24,25). The second-order valence-electron chi connectivity index (χ2n) is 6.15. The summed E-state index contributed by atoms with van der Waals surface area (Å²) < 4.78 is 14.2. The largest absolute Gasteiger partial charge is 0.344 e. The van der Waals surface area contributed by atoms with Crippen molar-refractivity contribution in [3.05, 3.63) is 87.9 Å². The third-order valence-electron chi connectivity index (χ3n) is 4.22. The van der Waals surface area contributed by atoms with Gasteiger partial charge in [-0.25, -0.2) is 9.38 Å². The SMILES string of the molecule is O=C(CSC1=Nc2ccccc2CS1)NC(c1ccc(F)cc1)c1cccs1. The average Bonchev–Trinajstić information content (AvgIpc) is 3.26. The monoisotopic (exact) mass is 428 g/mol. The zero-order valence-electron chi connectivity index (χ0n) is 14.8. The summed E-state index contributed by atoms with van der Waals surface area (Å²) in [6.07, 6.45) is 0. The third-order valence-corrected chi connectivity index (χ3v) is 7.40. The number of hydrogen-bond acceptors (Lipinski definition) is 5. The number of fused-ring (bicyclic) bond motifs is 1. The maximum atomic E-state index is 13.3. The van der Waals surface area contributed by atoms with Gasteiger partial charge in [-0.2, -0.15) is 0 Å². The van der Waals surface area contributed by atoms with E-state index in [1.54, 1.807) is 35.2 Å². The zero-order chi connectivity index (χ0) is 19.3. The molecular formula is C21H17FN2OS3. The average molecular weight is 429 g/mol. The van der Waals surface area contributed by atoms with Crippen LogP contribution in [-0.4, -0.2) is 16.0 Å². The minimum absolute atomic E-state index is 0.0742. The Balaban J connectivity index is 1.42. The molecule has 0 spiro atoms. The lowest BCUT2D eigenvalue weighted by Crippen LogP contribution is -2.30. The Labute approximate surface area is 175 Å². The quantitative estimate of drug-likeness (QED) is 0.562. The van der Waals surface area contributed by atoms with Crippen LogP contribution in [0.3, 0.4) is 0 Å². The highest BCUT2D eigenvalue weighted by molar-refractivity contribution is 8.38. The number of amides is 1. The summed E-state index contributed by atoms with van der Waals surface area (Å²) in [5, 5.41) is 5.05. The van der Waals surface area contributed by atoms with Crippen LogP contribution in [0.15, 0.2) is 71.0 Å². The molecule has 1 aromatic heterocycles. The van der Waals surface area contributed by atoms with Gasteiger partial charge < -0.3 is 5.32 Å². The van der Waals surface area contributed by atoms with E-state index >= 15 is 0 Å². The van der Waals surface area contributed by atoms with Gasteiger partial charge in [-0.15, -0.1) is 11.3 Å². The molecule has 1 aliphatic heterocycles. The van der Waals surface area contributed by atoms with Crippen molar-refractivity contribution in [2.75, 3.05) is 5.75 Å². The van der Waals surface area contributed by atoms with Gasteiger partial charge in [0.2, 0.25) is 5.91 Å². The maximum Gasteiger partial charge on any atom is 0.231 e. The van der Waals surface area contributed by atoms with E-state index in [0.717, 1.165) is 26.3 Å². The summed E-state index contributed by atoms with van der Waals surface area (Å²) >= 11 is 4.67. The molecule has 0 aliphatic carbocycles. The topological polar surface area (TPSA) is 41.5 Å². The fourth-order valence-electron chi connectivity index (χ4n) is 2.85. The number of nitrogens with zero attached hydrogens (tertiary/aromatic N) is 1. The van der Waals surface area contributed by atoms with E-state index in [0.29, 0.717) is 0 Å². The molecule has 1 unspecified atom stereocenters. The maximum absolute atomic E-state index is 13.3. The van der Waals surface area contributed by atoms with Crippen molar-refractivity contribution in [3.8, 4) is 0 Å². The predicted molar refractivity (Wildman–Crippen MR) is 118 cm³/mol. The molecule has 28 heavy (non-hydrogen) atoms. The Morgan fingerprint density at radius 1 is 1.14 bits per heavy atom. The van der Waals surface area contributed by atoms with Gasteiger partial charge in [-0.1, -0.05) is 59.9 Å². The molecule has 7 heteroatoms. The highest BCUT2D eigenvalue weighted by Crippen LogP contribution is 2.34. The highest BCUT2D eigenvalue weighted by Gasteiger charge is 2.19. The summed E-state index contributed by atoms with van der Waals surface area (Å²) in [7, 11) is 0. The number of thioether (sulfide) groups is 2. The van der Waals surface area contributed by atoms with Crippen molar-refractivity contribution in [2.45, 2.75) is 11.8 Å². The molecular weight excluding hydrogens is 411 g/mol. The minimum Gasteiger partial charge on any atom is -0.344 e. The Morgan fingerprint density at radius 2 is 1.96 bits per heavy atom. The van der Waals surface area contributed by atoms with E-state index in [2.05, 4.69) is 16.4 Å². The van der Waals surface area contributed by atoms with Crippen LogP contribution in [0.5, 0.6) is 0 Å².